The van der Waals surface area contributed by atoms with E-state index in [2.05, 4.69) is 11.9 Å². The zero-order chi connectivity index (χ0) is 16.2. The fourth-order valence-corrected chi connectivity index (χ4v) is 3.05. The highest BCUT2D eigenvalue weighted by Gasteiger charge is 2.32. The maximum absolute atomic E-state index is 12.9. The summed E-state index contributed by atoms with van der Waals surface area (Å²) in [6.45, 7) is 4.88. The van der Waals surface area contributed by atoms with Gasteiger partial charge < -0.3 is 11.1 Å². The average molecular weight is 312 g/mol. The standard InChI is InChI=1S/C17H23F3N2/c1-12(14-8-6-13(10-21)7-9-14)22-11-15-4-2-3-5-16(15)17(18,19)20/h2-5,13-14,22H,1,6-11,21H2. The van der Waals surface area contributed by atoms with Crippen LogP contribution >= 0.6 is 0 Å². The second-order valence-electron chi connectivity index (χ2n) is 5.99. The lowest BCUT2D eigenvalue weighted by Gasteiger charge is -2.29. The smallest absolute Gasteiger partial charge is 0.384 e. The summed E-state index contributed by atoms with van der Waals surface area (Å²) in [7, 11) is 0. The van der Waals surface area contributed by atoms with Gasteiger partial charge in [-0.15, -0.1) is 0 Å². The van der Waals surface area contributed by atoms with Crippen LogP contribution in [0.3, 0.4) is 0 Å². The van der Waals surface area contributed by atoms with E-state index in [4.69, 9.17) is 5.73 Å². The van der Waals surface area contributed by atoms with Gasteiger partial charge in [-0.1, -0.05) is 24.8 Å². The normalized spacial score (nSPS) is 22.4. The van der Waals surface area contributed by atoms with Gasteiger partial charge in [-0.3, -0.25) is 0 Å². The van der Waals surface area contributed by atoms with Gasteiger partial charge in [-0.25, -0.2) is 0 Å². The van der Waals surface area contributed by atoms with Crippen LogP contribution in [0.15, 0.2) is 36.5 Å². The van der Waals surface area contributed by atoms with E-state index in [1.54, 1.807) is 6.07 Å². The van der Waals surface area contributed by atoms with Gasteiger partial charge in [0.15, 0.2) is 0 Å². The largest absolute Gasteiger partial charge is 0.416 e. The molecular weight excluding hydrogens is 289 g/mol. The number of nitrogens with one attached hydrogen (secondary N) is 1. The second-order valence-corrected chi connectivity index (χ2v) is 5.99. The van der Waals surface area contributed by atoms with Gasteiger partial charge >= 0.3 is 6.18 Å². The Kier molecular flexibility index (Phi) is 5.51. The third-order valence-corrected chi connectivity index (χ3v) is 4.50. The van der Waals surface area contributed by atoms with Crippen LogP contribution in [-0.4, -0.2) is 6.54 Å². The van der Waals surface area contributed by atoms with Crippen molar-refractivity contribution in [1.82, 2.24) is 5.32 Å². The number of halogens is 3. The third-order valence-electron chi connectivity index (χ3n) is 4.50. The van der Waals surface area contributed by atoms with Gasteiger partial charge in [0.05, 0.1) is 5.56 Å². The Hall–Kier alpha value is -1.49. The Morgan fingerprint density at radius 3 is 2.41 bits per heavy atom. The first-order valence-electron chi connectivity index (χ1n) is 7.69. The van der Waals surface area contributed by atoms with Gasteiger partial charge in [0.2, 0.25) is 0 Å². The predicted octanol–water partition coefficient (Wildman–Crippen LogP) is 4.07. The number of benzene rings is 1. The summed E-state index contributed by atoms with van der Waals surface area (Å²) in [5, 5.41) is 3.09. The van der Waals surface area contributed by atoms with E-state index >= 15 is 0 Å². The zero-order valence-electron chi connectivity index (χ0n) is 12.6. The summed E-state index contributed by atoms with van der Waals surface area (Å²) in [4.78, 5) is 0. The quantitative estimate of drug-likeness (QED) is 0.860. The summed E-state index contributed by atoms with van der Waals surface area (Å²) in [6, 6.07) is 5.66. The number of rotatable bonds is 5. The highest BCUT2D eigenvalue weighted by molar-refractivity contribution is 5.30. The molecule has 1 aromatic rings. The third kappa shape index (κ3) is 4.26. The SMILES string of the molecule is C=C(NCc1ccccc1C(F)(F)F)C1CCC(CN)CC1. The monoisotopic (exact) mass is 312 g/mol. The zero-order valence-corrected chi connectivity index (χ0v) is 12.6. The number of alkyl halides is 3. The fraction of sp³-hybridized carbons (Fsp3) is 0.529. The Balaban J connectivity index is 1.92. The molecule has 1 aromatic carbocycles. The average Bonchev–Trinajstić information content (AvgIpc) is 2.52. The van der Waals surface area contributed by atoms with Gasteiger partial charge in [-0.05, 0) is 55.7 Å². The van der Waals surface area contributed by atoms with E-state index in [1.807, 2.05) is 0 Å². The molecule has 0 radical (unpaired) electrons. The number of nitrogens with two attached hydrogens (primary N) is 1. The molecule has 1 saturated carbocycles. The van der Waals surface area contributed by atoms with Crippen LogP contribution in [0.1, 0.15) is 36.8 Å². The molecule has 0 aromatic heterocycles. The van der Waals surface area contributed by atoms with Crippen molar-refractivity contribution >= 4 is 0 Å². The van der Waals surface area contributed by atoms with Gasteiger partial charge in [0, 0.05) is 12.2 Å². The van der Waals surface area contributed by atoms with E-state index in [0.717, 1.165) is 37.4 Å². The minimum absolute atomic E-state index is 0.158. The summed E-state index contributed by atoms with van der Waals surface area (Å²) < 4.78 is 38.8. The van der Waals surface area contributed by atoms with Gasteiger partial charge in [0.1, 0.15) is 0 Å². The van der Waals surface area contributed by atoms with Crippen LogP contribution < -0.4 is 11.1 Å². The second kappa shape index (κ2) is 7.18. The molecule has 1 aliphatic carbocycles. The van der Waals surface area contributed by atoms with Crippen LogP contribution in [0.2, 0.25) is 0 Å². The first kappa shape index (κ1) is 16.9. The molecule has 1 aliphatic rings. The van der Waals surface area contributed by atoms with Crippen LogP contribution in [0.25, 0.3) is 0 Å². The van der Waals surface area contributed by atoms with E-state index in [-0.39, 0.29) is 12.1 Å². The highest BCUT2D eigenvalue weighted by atomic mass is 19.4. The van der Waals surface area contributed by atoms with Crippen molar-refractivity contribution in [3.63, 3.8) is 0 Å². The molecular formula is C17H23F3N2. The molecule has 122 valence electrons. The van der Waals surface area contributed by atoms with Crippen molar-refractivity contribution in [3.8, 4) is 0 Å². The molecule has 0 unspecified atom stereocenters. The molecule has 0 saturated heterocycles. The van der Waals surface area contributed by atoms with Crippen LogP contribution in [0, 0.1) is 11.8 Å². The van der Waals surface area contributed by atoms with E-state index in [0.29, 0.717) is 18.4 Å². The summed E-state index contributed by atoms with van der Waals surface area (Å²) >= 11 is 0. The molecule has 0 bridgehead atoms. The Bertz CT molecular complexity index is 503. The van der Waals surface area contributed by atoms with Crippen molar-refractivity contribution < 1.29 is 13.2 Å². The Morgan fingerprint density at radius 2 is 1.82 bits per heavy atom. The lowest BCUT2D eigenvalue weighted by molar-refractivity contribution is -0.138. The fourth-order valence-electron chi connectivity index (χ4n) is 3.05. The number of allylic oxidation sites excluding steroid dienone is 1. The molecule has 0 heterocycles. The molecule has 2 rings (SSSR count). The predicted molar refractivity (Wildman–Crippen MR) is 81.9 cm³/mol. The van der Waals surface area contributed by atoms with Gasteiger partial charge in [-0.2, -0.15) is 13.2 Å². The Labute approximate surface area is 129 Å². The summed E-state index contributed by atoms with van der Waals surface area (Å²) in [6.07, 6.45) is -0.163. The maximum atomic E-state index is 12.9. The van der Waals surface area contributed by atoms with E-state index in [1.165, 1.54) is 12.1 Å². The molecule has 0 atom stereocenters. The topological polar surface area (TPSA) is 38.0 Å². The molecule has 0 amide bonds. The molecule has 0 aliphatic heterocycles. The van der Waals surface area contributed by atoms with Crippen molar-refractivity contribution in [3.05, 3.63) is 47.7 Å². The van der Waals surface area contributed by atoms with Crippen LogP contribution in [-0.2, 0) is 12.7 Å². The summed E-state index contributed by atoms with van der Waals surface area (Å²) in [5.74, 6) is 0.913. The first-order chi connectivity index (χ1) is 10.4. The first-order valence-corrected chi connectivity index (χ1v) is 7.69. The highest BCUT2D eigenvalue weighted by Crippen LogP contribution is 2.33. The molecule has 2 nitrogen and oxygen atoms in total. The van der Waals surface area contributed by atoms with E-state index in [9.17, 15) is 13.2 Å². The minimum Gasteiger partial charge on any atom is -0.384 e. The number of hydrogen-bond acceptors (Lipinski definition) is 2. The molecule has 3 N–H and O–H groups in total. The van der Waals surface area contributed by atoms with E-state index < -0.39 is 11.7 Å². The van der Waals surface area contributed by atoms with Crippen LogP contribution in [0.5, 0.6) is 0 Å². The lowest BCUT2D eigenvalue weighted by Crippen LogP contribution is -2.27. The van der Waals surface area contributed by atoms with Crippen molar-refractivity contribution in [1.29, 1.82) is 0 Å². The van der Waals surface area contributed by atoms with Gasteiger partial charge in [0.25, 0.3) is 0 Å². The van der Waals surface area contributed by atoms with Crippen molar-refractivity contribution in [2.45, 2.75) is 38.4 Å². The van der Waals surface area contributed by atoms with Crippen molar-refractivity contribution in [2.75, 3.05) is 6.54 Å². The number of hydrogen-bond donors (Lipinski definition) is 2. The Morgan fingerprint density at radius 1 is 1.18 bits per heavy atom. The molecule has 5 heteroatoms. The lowest BCUT2D eigenvalue weighted by atomic mass is 9.81. The minimum atomic E-state index is -4.32. The van der Waals surface area contributed by atoms with Crippen molar-refractivity contribution in [2.24, 2.45) is 17.6 Å². The molecule has 0 spiro atoms. The molecule has 22 heavy (non-hydrogen) atoms. The molecule has 1 fully saturated rings. The summed E-state index contributed by atoms with van der Waals surface area (Å²) in [5.41, 5.74) is 6.19. The van der Waals surface area contributed by atoms with Crippen LogP contribution in [0.4, 0.5) is 13.2 Å². The maximum Gasteiger partial charge on any atom is 0.416 e.